The second-order valence-corrected chi connectivity index (χ2v) is 20.7. The highest BCUT2D eigenvalue weighted by Crippen LogP contribution is 2.53. The highest BCUT2D eigenvalue weighted by atomic mass is 15.1. The lowest BCUT2D eigenvalue weighted by molar-refractivity contribution is 0.641. The number of hydrogen-bond acceptors (Lipinski definition) is 2. The molecule has 0 radical (unpaired) electrons. The van der Waals surface area contributed by atoms with E-state index in [0.29, 0.717) is 0 Å². The standard InChI is InChI=1S/C69H60N2/c1-9-47-25-29-51(30-26-47)67(3,4)53-33-37-55(38-34-53)70(65-23-15-19-49-17-11-13-21-59(49)65)57-41-43-61-62-44-42-58(46-64(62)69(7,8)63(61)45-57)71(66-24-16-20-50-18-12-14-22-60(50)66)56-39-35-54(36-40-56)68(5,6)52-31-27-48(10-2)28-32-52/h9-46H,1-2H2,3-8H3. The van der Waals surface area contributed by atoms with Crippen LogP contribution in [-0.4, -0.2) is 0 Å². The molecule has 0 aliphatic heterocycles. The summed E-state index contributed by atoms with van der Waals surface area (Å²) in [4.78, 5) is 4.90. The number of fused-ring (bicyclic) bond motifs is 5. The summed E-state index contributed by atoms with van der Waals surface area (Å²) in [6.45, 7) is 21.9. The summed E-state index contributed by atoms with van der Waals surface area (Å²) in [7, 11) is 0. The fraction of sp³-hybridized carbons (Fsp3) is 0.130. The molecule has 0 spiro atoms. The first kappa shape index (κ1) is 45.3. The molecule has 0 saturated heterocycles. The molecule has 71 heavy (non-hydrogen) atoms. The number of nitrogens with zero attached hydrogens (tertiary/aromatic N) is 2. The van der Waals surface area contributed by atoms with Gasteiger partial charge in [-0.1, -0.05) is 225 Å². The van der Waals surface area contributed by atoms with Crippen LogP contribution < -0.4 is 9.80 Å². The van der Waals surface area contributed by atoms with Gasteiger partial charge in [0.1, 0.15) is 0 Å². The van der Waals surface area contributed by atoms with E-state index < -0.39 is 0 Å². The summed E-state index contributed by atoms with van der Waals surface area (Å²) in [5.74, 6) is 0. The Balaban J connectivity index is 0.997. The fourth-order valence-electron chi connectivity index (χ4n) is 11.1. The molecule has 10 aromatic carbocycles. The Labute approximate surface area is 420 Å². The summed E-state index contributed by atoms with van der Waals surface area (Å²) in [5, 5.41) is 4.85. The minimum Gasteiger partial charge on any atom is -0.310 e. The minimum absolute atomic E-state index is 0.187. The molecule has 0 fully saturated rings. The van der Waals surface area contributed by atoms with Crippen LogP contribution in [0.3, 0.4) is 0 Å². The third kappa shape index (κ3) is 7.85. The molecular weight excluding hydrogens is 857 g/mol. The smallest absolute Gasteiger partial charge is 0.0540 e. The van der Waals surface area contributed by atoms with Crippen molar-refractivity contribution in [2.24, 2.45) is 0 Å². The number of rotatable bonds is 12. The topological polar surface area (TPSA) is 6.48 Å². The summed E-state index contributed by atoms with van der Waals surface area (Å²) >= 11 is 0. The molecule has 0 unspecified atom stereocenters. The summed E-state index contributed by atoms with van der Waals surface area (Å²) in [6.07, 6.45) is 3.80. The van der Waals surface area contributed by atoms with E-state index in [4.69, 9.17) is 0 Å². The van der Waals surface area contributed by atoms with Crippen molar-refractivity contribution >= 4 is 67.8 Å². The van der Waals surface area contributed by atoms with Crippen LogP contribution in [-0.2, 0) is 16.2 Å². The maximum Gasteiger partial charge on any atom is 0.0540 e. The van der Waals surface area contributed by atoms with E-state index in [9.17, 15) is 0 Å². The quantitative estimate of drug-likeness (QED) is 0.120. The molecule has 11 rings (SSSR count). The fourth-order valence-corrected chi connectivity index (χ4v) is 11.1. The van der Waals surface area contributed by atoms with Crippen LogP contribution in [0.5, 0.6) is 0 Å². The van der Waals surface area contributed by atoms with Gasteiger partial charge in [0.25, 0.3) is 0 Å². The second kappa shape index (κ2) is 17.6. The van der Waals surface area contributed by atoms with E-state index >= 15 is 0 Å². The van der Waals surface area contributed by atoms with Gasteiger partial charge in [0.15, 0.2) is 0 Å². The molecular formula is C69H60N2. The van der Waals surface area contributed by atoms with Crippen molar-refractivity contribution in [2.75, 3.05) is 9.80 Å². The number of anilines is 6. The largest absolute Gasteiger partial charge is 0.310 e. The Bertz CT molecular complexity index is 3380. The van der Waals surface area contributed by atoms with Crippen molar-refractivity contribution in [1.82, 2.24) is 0 Å². The lowest BCUT2D eigenvalue weighted by atomic mass is 9.78. The minimum atomic E-state index is -0.296. The van der Waals surface area contributed by atoms with Gasteiger partial charge in [-0.25, -0.2) is 0 Å². The SMILES string of the molecule is C=Cc1ccc(C(C)(C)c2ccc(N(c3ccc4c(c3)C(C)(C)c3cc(N(c5ccc(C(C)(C)c6ccc(C=C)cc6)cc5)c5cccc6ccccc56)ccc3-4)c3cccc4ccccc34)cc2)cc1. The third-order valence-electron chi connectivity index (χ3n) is 15.6. The molecule has 10 aromatic rings. The van der Waals surface area contributed by atoms with Gasteiger partial charge in [-0.05, 0) is 127 Å². The van der Waals surface area contributed by atoms with Crippen molar-refractivity contribution in [2.45, 2.75) is 57.8 Å². The lowest BCUT2D eigenvalue weighted by Crippen LogP contribution is -2.20. The van der Waals surface area contributed by atoms with E-state index in [-0.39, 0.29) is 16.2 Å². The Morgan fingerprint density at radius 2 is 0.690 bits per heavy atom. The predicted molar refractivity (Wildman–Crippen MR) is 306 cm³/mol. The lowest BCUT2D eigenvalue weighted by Gasteiger charge is -2.31. The zero-order chi connectivity index (χ0) is 49.1. The first-order valence-electron chi connectivity index (χ1n) is 24.9. The molecule has 0 amide bonds. The molecule has 0 atom stereocenters. The van der Waals surface area contributed by atoms with Crippen LogP contribution in [0.15, 0.2) is 232 Å². The molecule has 1 aliphatic carbocycles. The molecule has 0 N–H and O–H groups in total. The molecule has 0 saturated carbocycles. The summed E-state index contributed by atoms with van der Waals surface area (Å²) < 4.78 is 0. The van der Waals surface area contributed by atoms with Crippen molar-refractivity contribution in [3.63, 3.8) is 0 Å². The van der Waals surface area contributed by atoms with Gasteiger partial charge in [-0.2, -0.15) is 0 Å². The Hall–Kier alpha value is -8.20. The van der Waals surface area contributed by atoms with E-state index in [1.54, 1.807) is 0 Å². The van der Waals surface area contributed by atoms with Crippen LogP contribution in [0.4, 0.5) is 34.1 Å². The monoisotopic (exact) mass is 916 g/mol. The van der Waals surface area contributed by atoms with Gasteiger partial charge in [0.05, 0.1) is 11.4 Å². The van der Waals surface area contributed by atoms with Gasteiger partial charge in [0, 0.05) is 49.8 Å². The van der Waals surface area contributed by atoms with Crippen LogP contribution in [0.25, 0.3) is 44.8 Å². The second-order valence-electron chi connectivity index (χ2n) is 20.7. The van der Waals surface area contributed by atoms with Gasteiger partial charge in [0.2, 0.25) is 0 Å². The Morgan fingerprint density at radius 1 is 0.366 bits per heavy atom. The van der Waals surface area contributed by atoms with Crippen molar-refractivity contribution < 1.29 is 0 Å². The predicted octanol–water partition coefficient (Wildman–Crippen LogP) is 19.2. The summed E-state index contributed by atoms with van der Waals surface area (Å²) in [6, 6.07) is 80.9. The highest BCUT2D eigenvalue weighted by molar-refractivity contribution is 6.01. The van der Waals surface area contributed by atoms with Gasteiger partial charge < -0.3 is 9.80 Å². The van der Waals surface area contributed by atoms with Crippen LogP contribution in [0, 0.1) is 0 Å². The zero-order valence-electron chi connectivity index (χ0n) is 41.7. The average molecular weight is 917 g/mol. The maximum absolute atomic E-state index is 3.96. The molecule has 2 nitrogen and oxygen atoms in total. The third-order valence-corrected chi connectivity index (χ3v) is 15.6. The molecule has 0 bridgehead atoms. The Kier molecular flexibility index (Phi) is 11.2. The van der Waals surface area contributed by atoms with Gasteiger partial charge in [-0.3, -0.25) is 0 Å². The number of benzene rings is 10. The maximum atomic E-state index is 3.96. The molecule has 2 heteroatoms. The van der Waals surface area contributed by atoms with Crippen LogP contribution in [0.2, 0.25) is 0 Å². The zero-order valence-corrected chi connectivity index (χ0v) is 41.7. The summed E-state index contributed by atoms with van der Waals surface area (Å²) in [5.41, 5.74) is 18.6. The van der Waals surface area contributed by atoms with E-state index in [1.165, 1.54) is 66.1 Å². The normalized spacial score (nSPS) is 12.9. The molecule has 346 valence electrons. The Morgan fingerprint density at radius 3 is 1.06 bits per heavy atom. The van der Waals surface area contributed by atoms with Gasteiger partial charge in [-0.15, -0.1) is 0 Å². The van der Waals surface area contributed by atoms with E-state index in [2.05, 4.69) is 283 Å². The first-order chi connectivity index (χ1) is 34.4. The van der Waals surface area contributed by atoms with Crippen molar-refractivity contribution in [1.29, 1.82) is 0 Å². The van der Waals surface area contributed by atoms with Crippen molar-refractivity contribution in [3.8, 4) is 11.1 Å². The highest BCUT2D eigenvalue weighted by Gasteiger charge is 2.37. The van der Waals surface area contributed by atoms with E-state index in [1.807, 2.05) is 12.2 Å². The van der Waals surface area contributed by atoms with Crippen LogP contribution >= 0.6 is 0 Å². The molecule has 1 aliphatic rings. The average Bonchev–Trinajstić information content (AvgIpc) is 3.63. The molecule has 0 heterocycles. The number of hydrogen-bond donors (Lipinski definition) is 0. The molecule has 0 aromatic heterocycles. The van der Waals surface area contributed by atoms with E-state index in [0.717, 1.165) is 45.3 Å². The van der Waals surface area contributed by atoms with Crippen molar-refractivity contribution in [3.05, 3.63) is 276 Å². The first-order valence-corrected chi connectivity index (χ1v) is 24.9. The van der Waals surface area contributed by atoms with Gasteiger partial charge >= 0.3 is 0 Å². The van der Waals surface area contributed by atoms with Crippen LogP contribution in [0.1, 0.15) is 86.1 Å².